The first kappa shape index (κ1) is 24.4. The number of methoxy groups -OCH3 is 2. The fraction of sp³-hybridized carbons (Fsp3) is 0.375. The molecule has 1 aliphatic rings. The molecule has 1 aliphatic carbocycles. The van der Waals surface area contributed by atoms with Gasteiger partial charge in [0, 0.05) is 19.4 Å². The van der Waals surface area contributed by atoms with E-state index in [2.05, 4.69) is 5.32 Å². The summed E-state index contributed by atoms with van der Waals surface area (Å²) < 4.78 is 22.0. The lowest BCUT2D eigenvalue weighted by atomic mass is 9.95. The van der Waals surface area contributed by atoms with Gasteiger partial charge in [0.15, 0.2) is 16.9 Å². The molecule has 1 atom stereocenters. The molecule has 3 rings (SSSR count). The zero-order valence-corrected chi connectivity index (χ0v) is 20.1. The van der Waals surface area contributed by atoms with Crippen molar-refractivity contribution < 1.29 is 28.5 Å². The Labute approximate surface area is 196 Å². The summed E-state index contributed by atoms with van der Waals surface area (Å²) in [4.78, 5) is 36.5. The van der Waals surface area contributed by atoms with Gasteiger partial charge in [-0.2, -0.15) is 0 Å². The molecule has 0 saturated heterocycles. The molecule has 1 amide bonds. The zero-order valence-electron chi connectivity index (χ0n) is 19.3. The lowest BCUT2D eigenvalue weighted by Crippen LogP contribution is -2.26. The summed E-state index contributed by atoms with van der Waals surface area (Å²) in [6.45, 7) is 2.48. The SMILES string of the molecule is COc1c(OCOC(C)=O)cc2c(c1OC)-c1ccc(SC)c(=O)cc1C(NC(C)=O)CC2. The summed E-state index contributed by atoms with van der Waals surface area (Å²) in [5.41, 5.74) is 3.02. The molecule has 0 aromatic heterocycles. The molecule has 0 aliphatic heterocycles. The quantitative estimate of drug-likeness (QED) is 0.371. The Kier molecular flexibility index (Phi) is 7.86. The van der Waals surface area contributed by atoms with Crippen molar-refractivity contribution in [1.82, 2.24) is 5.32 Å². The van der Waals surface area contributed by atoms with E-state index in [0.717, 1.165) is 16.7 Å². The lowest BCUT2D eigenvalue weighted by molar-refractivity contribution is -0.147. The fourth-order valence-electron chi connectivity index (χ4n) is 3.99. The predicted molar refractivity (Wildman–Crippen MR) is 125 cm³/mol. The summed E-state index contributed by atoms with van der Waals surface area (Å²) >= 11 is 1.36. The monoisotopic (exact) mass is 473 g/mol. The molecule has 1 unspecified atom stereocenters. The van der Waals surface area contributed by atoms with Crippen LogP contribution in [0.15, 0.2) is 34.0 Å². The number of esters is 1. The fourth-order valence-corrected chi connectivity index (χ4v) is 4.46. The van der Waals surface area contributed by atoms with Crippen molar-refractivity contribution >= 4 is 23.6 Å². The number of carbonyl (C=O) groups excluding carboxylic acids is 2. The Bertz CT molecular complexity index is 1130. The molecule has 0 saturated carbocycles. The zero-order chi connectivity index (χ0) is 24.1. The Balaban J connectivity index is 2.28. The van der Waals surface area contributed by atoms with E-state index in [1.54, 1.807) is 12.1 Å². The largest absolute Gasteiger partial charge is 0.492 e. The van der Waals surface area contributed by atoms with E-state index in [1.165, 1.54) is 39.8 Å². The van der Waals surface area contributed by atoms with Gasteiger partial charge in [0.05, 0.1) is 25.2 Å². The molecule has 2 aromatic rings. The van der Waals surface area contributed by atoms with E-state index < -0.39 is 5.97 Å². The molecule has 1 N–H and O–H groups in total. The summed E-state index contributed by atoms with van der Waals surface area (Å²) in [6, 6.07) is 6.71. The second-order valence-electron chi connectivity index (χ2n) is 7.44. The van der Waals surface area contributed by atoms with Gasteiger partial charge in [-0.15, -0.1) is 11.8 Å². The third-order valence-corrected chi connectivity index (χ3v) is 6.13. The van der Waals surface area contributed by atoms with Crippen molar-refractivity contribution in [3.05, 3.63) is 45.6 Å². The van der Waals surface area contributed by atoms with Crippen LogP contribution in [0, 0.1) is 0 Å². The molecule has 2 aromatic carbocycles. The molecule has 0 fully saturated rings. The average molecular weight is 474 g/mol. The van der Waals surface area contributed by atoms with Crippen LogP contribution in [0.1, 0.15) is 37.4 Å². The topological polar surface area (TPSA) is 100 Å². The van der Waals surface area contributed by atoms with Gasteiger partial charge in [0.25, 0.3) is 0 Å². The van der Waals surface area contributed by atoms with E-state index in [4.69, 9.17) is 18.9 Å². The minimum atomic E-state index is -0.465. The second-order valence-corrected chi connectivity index (χ2v) is 8.29. The average Bonchev–Trinajstić information content (AvgIpc) is 3.01. The highest BCUT2D eigenvalue weighted by atomic mass is 32.2. The van der Waals surface area contributed by atoms with Gasteiger partial charge < -0.3 is 24.3 Å². The van der Waals surface area contributed by atoms with Crippen LogP contribution < -0.4 is 25.0 Å². The van der Waals surface area contributed by atoms with Crippen LogP contribution in [0.25, 0.3) is 11.1 Å². The van der Waals surface area contributed by atoms with Gasteiger partial charge >= 0.3 is 5.97 Å². The van der Waals surface area contributed by atoms with E-state index in [-0.39, 0.29) is 24.2 Å². The summed E-state index contributed by atoms with van der Waals surface area (Å²) in [6.07, 6.45) is 2.99. The maximum Gasteiger partial charge on any atom is 0.305 e. The van der Waals surface area contributed by atoms with Crippen LogP contribution in [0.3, 0.4) is 0 Å². The van der Waals surface area contributed by atoms with Crippen LogP contribution in [0.2, 0.25) is 0 Å². The van der Waals surface area contributed by atoms with Gasteiger partial charge in [-0.3, -0.25) is 14.4 Å². The van der Waals surface area contributed by atoms with E-state index in [1.807, 2.05) is 18.4 Å². The number of fused-ring (bicyclic) bond motifs is 3. The van der Waals surface area contributed by atoms with Crippen molar-refractivity contribution in [2.24, 2.45) is 0 Å². The number of aryl methyl sites for hydroxylation is 1. The van der Waals surface area contributed by atoms with Gasteiger partial charge in [-0.25, -0.2) is 0 Å². The van der Waals surface area contributed by atoms with Crippen molar-refractivity contribution in [1.29, 1.82) is 0 Å². The second kappa shape index (κ2) is 10.6. The first-order valence-electron chi connectivity index (χ1n) is 10.3. The standard InChI is InChI=1S/C24H27NO7S/c1-13(26)25-18-8-6-15-10-20(32-12-31-14(2)27)23(29-3)24(30-4)22(15)16-7-9-21(33-5)19(28)11-17(16)18/h7,9-11,18H,6,8,12H2,1-5H3,(H,25,26). The van der Waals surface area contributed by atoms with E-state index >= 15 is 0 Å². The summed E-state index contributed by atoms with van der Waals surface area (Å²) in [7, 11) is 3.02. The number of hydrogen-bond acceptors (Lipinski definition) is 8. The number of rotatable bonds is 7. The number of nitrogens with one attached hydrogen (secondary N) is 1. The smallest absolute Gasteiger partial charge is 0.305 e. The summed E-state index contributed by atoms with van der Waals surface area (Å²) in [5.74, 6) is 0.487. The van der Waals surface area contributed by atoms with Crippen molar-refractivity contribution in [2.75, 3.05) is 27.3 Å². The number of hydrogen-bond donors (Lipinski definition) is 1. The first-order valence-corrected chi connectivity index (χ1v) is 11.6. The minimum Gasteiger partial charge on any atom is -0.492 e. The number of carbonyl (C=O) groups is 2. The highest BCUT2D eigenvalue weighted by Gasteiger charge is 2.29. The van der Waals surface area contributed by atoms with Crippen LogP contribution in [-0.4, -0.2) is 39.1 Å². The molecular formula is C24H27NO7S. The third kappa shape index (κ3) is 5.24. The first-order chi connectivity index (χ1) is 15.8. The third-order valence-electron chi connectivity index (χ3n) is 5.35. The molecule has 9 heteroatoms. The molecule has 0 radical (unpaired) electrons. The maximum absolute atomic E-state index is 12.8. The highest BCUT2D eigenvalue weighted by Crippen LogP contribution is 2.50. The molecule has 176 valence electrons. The number of ether oxygens (including phenoxy) is 4. The van der Waals surface area contributed by atoms with Crippen LogP contribution in [0.5, 0.6) is 17.2 Å². The van der Waals surface area contributed by atoms with Crippen LogP contribution >= 0.6 is 11.8 Å². The van der Waals surface area contributed by atoms with Gasteiger partial charge in [0.2, 0.25) is 18.4 Å². The van der Waals surface area contributed by atoms with Crippen molar-refractivity contribution in [3.8, 4) is 28.4 Å². The Morgan fingerprint density at radius 1 is 1.12 bits per heavy atom. The Hall–Kier alpha value is -3.20. The number of benzene rings is 1. The van der Waals surface area contributed by atoms with Crippen molar-refractivity contribution in [3.63, 3.8) is 0 Å². The van der Waals surface area contributed by atoms with Crippen molar-refractivity contribution in [2.45, 2.75) is 37.6 Å². The number of thioether (sulfide) groups is 1. The minimum absolute atomic E-state index is 0.116. The molecule has 0 heterocycles. The molecule has 0 spiro atoms. The van der Waals surface area contributed by atoms with Gasteiger partial charge in [-0.05, 0) is 54.0 Å². The lowest BCUT2D eigenvalue weighted by Gasteiger charge is -2.20. The highest BCUT2D eigenvalue weighted by molar-refractivity contribution is 7.98. The van der Waals surface area contributed by atoms with Crippen LogP contribution in [-0.2, 0) is 20.7 Å². The number of amides is 1. The molecular weight excluding hydrogens is 446 g/mol. The molecule has 33 heavy (non-hydrogen) atoms. The van der Waals surface area contributed by atoms with E-state index in [9.17, 15) is 14.4 Å². The molecule has 0 bridgehead atoms. The summed E-state index contributed by atoms with van der Waals surface area (Å²) in [5, 5.41) is 2.97. The van der Waals surface area contributed by atoms with Gasteiger partial charge in [0.1, 0.15) is 0 Å². The van der Waals surface area contributed by atoms with Gasteiger partial charge in [-0.1, -0.05) is 6.07 Å². The van der Waals surface area contributed by atoms with E-state index in [0.29, 0.717) is 40.5 Å². The normalized spacial score (nSPS) is 14.3. The maximum atomic E-state index is 12.8. The van der Waals surface area contributed by atoms with Crippen LogP contribution in [0.4, 0.5) is 0 Å². The molecule has 8 nitrogen and oxygen atoms in total. The predicted octanol–water partition coefficient (Wildman–Crippen LogP) is 3.48. The Morgan fingerprint density at radius 2 is 1.85 bits per heavy atom. The Morgan fingerprint density at radius 3 is 2.45 bits per heavy atom.